The van der Waals surface area contributed by atoms with Crippen molar-refractivity contribution in [1.82, 2.24) is 5.01 Å². The Morgan fingerprint density at radius 3 is 2.42 bits per heavy atom. The number of carbonyl (C=O) groups is 1. The highest BCUT2D eigenvalue weighted by Crippen LogP contribution is 2.49. The first-order valence-electron chi connectivity index (χ1n) is 8.88. The zero-order valence-corrected chi connectivity index (χ0v) is 16.7. The van der Waals surface area contributed by atoms with E-state index in [-0.39, 0.29) is 22.0 Å². The lowest BCUT2D eigenvalue weighted by Gasteiger charge is -2.37. The van der Waals surface area contributed by atoms with Gasteiger partial charge in [0, 0.05) is 11.4 Å². The number of hydrogen-bond acceptors (Lipinski definition) is 4. The number of amides is 1. The van der Waals surface area contributed by atoms with E-state index in [1.54, 1.807) is 13.0 Å². The highest BCUT2D eigenvalue weighted by molar-refractivity contribution is 6.31. The molecule has 0 spiro atoms. The molecule has 166 valence electrons. The van der Waals surface area contributed by atoms with Crippen LogP contribution in [-0.2, 0) is 4.79 Å². The number of alkyl halides is 5. The summed E-state index contributed by atoms with van der Waals surface area (Å²) in [6, 6.07) is 11.7. The maximum absolute atomic E-state index is 14.3. The van der Waals surface area contributed by atoms with Crippen molar-refractivity contribution in [3.05, 3.63) is 64.7 Å². The molecule has 5 nitrogen and oxygen atoms in total. The summed E-state index contributed by atoms with van der Waals surface area (Å²) in [4.78, 5) is 12.5. The van der Waals surface area contributed by atoms with Crippen LogP contribution in [0, 0.1) is 6.92 Å². The second-order valence-corrected chi connectivity index (χ2v) is 7.29. The van der Waals surface area contributed by atoms with Crippen LogP contribution in [0.25, 0.3) is 0 Å². The Morgan fingerprint density at radius 2 is 1.84 bits per heavy atom. The molecule has 31 heavy (non-hydrogen) atoms. The minimum absolute atomic E-state index is 0.132. The lowest BCUT2D eigenvalue weighted by Crippen LogP contribution is -2.65. The third-order valence-corrected chi connectivity index (χ3v) is 5.10. The van der Waals surface area contributed by atoms with Gasteiger partial charge in [0.1, 0.15) is 5.75 Å². The summed E-state index contributed by atoms with van der Waals surface area (Å²) in [5, 5.41) is 14.2. The van der Waals surface area contributed by atoms with E-state index in [2.05, 4.69) is 5.10 Å². The van der Waals surface area contributed by atoms with Crippen molar-refractivity contribution >= 4 is 23.2 Å². The van der Waals surface area contributed by atoms with Gasteiger partial charge >= 0.3 is 12.1 Å². The molecule has 1 aliphatic rings. The molecule has 0 aliphatic carbocycles. The van der Waals surface area contributed by atoms with E-state index in [0.29, 0.717) is 10.6 Å². The summed E-state index contributed by atoms with van der Waals surface area (Å²) >= 11 is 5.88. The predicted molar refractivity (Wildman–Crippen MR) is 102 cm³/mol. The van der Waals surface area contributed by atoms with E-state index in [1.165, 1.54) is 42.5 Å². The molecule has 11 heteroatoms. The molecule has 2 aromatic rings. The largest absolute Gasteiger partial charge is 0.484 e. The Balaban J connectivity index is 1.92. The van der Waals surface area contributed by atoms with E-state index >= 15 is 0 Å². The highest BCUT2D eigenvalue weighted by Gasteiger charge is 2.75. The fourth-order valence-corrected chi connectivity index (χ4v) is 3.10. The lowest BCUT2D eigenvalue weighted by atomic mass is 9.95. The molecular weight excluding hydrogens is 447 g/mol. The van der Waals surface area contributed by atoms with Crippen LogP contribution in [0.15, 0.2) is 53.6 Å². The molecule has 0 unspecified atom stereocenters. The van der Waals surface area contributed by atoms with Crippen molar-refractivity contribution in [2.45, 2.75) is 31.2 Å². The Bertz CT molecular complexity index is 1010. The van der Waals surface area contributed by atoms with Gasteiger partial charge < -0.3 is 9.84 Å². The van der Waals surface area contributed by atoms with Gasteiger partial charge in [0.2, 0.25) is 5.72 Å². The first-order chi connectivity index (χ1) is 14.4. The van der Waals surface area contributed by atoms with E-state index < -0.39 is 36.8 Å². The topological polar surface area (TPSA) is 62.1 Å². The SMILES string of the molecule is Cc1cc(OCC(=O)N2N=C(c3ccccc3)C[C@@]2(O)C(F)(F)C(F)(F)F)ccc1Cl. The van der Waals surface area contributed by atoms with Crippen molar-refractivity contribution in [2.24, 2.45) is 5.10 Å². The minimum Gasteiger partial charge on any atom is -0.484 e. The predicted octanol–water partition coefficient (Wildman–Crippen LogP) is 4.55. The Labute approximate surface area is 178 Å². The van der Waals surface area contributed by atoms with Crippen LogP contribution >= 0.6 is 11.6 Å². The van der Waals surface area contributed by atoms with Gasteiger partial charge in [-0.15, -0.1) is 0 Å². The Hall–Kier alpha value is -2.72. The van der Waals surface area contributed by atoms with Gasteiger partial charge in [0.15, 0.2) is 6.61 Å². The molecule has 1 N–H and O–H groups in total. The van der Waals surface area contributed by atoms with Crippen LogP contribution in [0.4, 0.5) is 22.0 Å². The van der Waals surface area contributed by atoms with Crippen LogP contribution in [0.3, 0.4) is 0 Å². The normalized spacial score (nSPS) is 19.4. The number of hydrazone groups is 1. The number of ether oxygens (including phenoxy) is 1. The zero-order chi connectivity index (χ0) is 23.0. The molecule has 0 saturated carbocycles. The quantitative estimate of drug-likeness (QED) is 0.663. The van der Waals surface area contributed by atoms with Gasteiger partial charge in [-0.05, 0) is 36.2 Å². The lowest BCUT2D eigenvalue weighted by molar-refractivity contribution is -0.363. The van der Waals surface area contributed by atoms with E-state index in [0.717, 1.165) is 0 Å². The molecule has 1 atom stereocenters. The Kier molecular flexibility index (Phi) is 5.98. The van der Waals surface area contributed by atoms with Gasteiger partial charge in [0.05, 0.1) is 5.71 Å². The number of rotatable bonds is 5. The van der Waals surface area contributed by atoms with E-state index in [9.17, 15) is 31.9 Å². The molecule has 0 bridgehead atoms. The average Bonchev–Trinajstić information content (AvgIpc) is 3.08. The molecule has 1 heterocycles. The molecule has 3 rings (SSSR count). The second-order valence-electron chi connectivity index (χ2n) is 6.88. The maximum Gasteiger partial charge on any atom is 0.458 e. The number of nitrogens with zero attached hydrogens (tertiary/aromatic N) is 2. The summed E-state index contributed by atoms with van der Waals surface area (Å²) < 4.78 is 73.0. The first-order valence-corrected chi connectivity index (χ1v) is 9.26. The minimum atomic E-state index is -6.13. The highest BCUT2D eigenvalue weighted by atomic mass is 35.5. The van der Waals surface area contributed by atoms with Crippen molar-refractivity contribution in [3.63, 3.8) is 0 Å². The second kappa shape index (κ2) is 8.08. The molecule has 0 radical (unpaired) electrons. The molecule has 0 fully saturated rings. The third kappa shape index (κ3) is 4.22. The van der Waals surface area contributed by atoms with E-state index in [4.69, 9.17) is 16.3 Å². The summed E-state index contributed by atoms with van der Waals surface area (Å²) in [5.74, 6) is -6.91. The van der Waals surface area contributed by atoms with Gasteiger partial charge in [0.25, 0.3) is 5.91 Å². The maximum atomic E-state index is 14.3. The number of halogens is 6. The summed E-state index contributed by atoms with van der Waals surface area (Å²) in [6.07, 6.45) is -7.36. The van der Waals surface area contributed by atoms with Crippen molar-refractivity contribution < 1.29 is 36.6 Å². The smallest absolute Gasteiger partial charge is 0.458 e. The van der Waals surface area contributed by atoms with E-state index in [1.807, 2.05) is 0 Å². The third-order valence-electron chi connectivity index (χ3n) is 4.68. The molecule has 1 amide bonds. The van der Waals surface area contributed by atoms with Crippen molar-refractivity contribution in [3.8, 4) is 5.75 Å². The standard InChI is InChI=1S/C20H16ClF5N2O3/c1-12-9-14(7-8-15(12)21)31-11-17(29)28-18(30,19(22,23)20(24,25)26)10-16(27-28)13-5-3-2-4-6-13/h2-9,30H,10-11H2,1H3/t18-/m1/s1. The van der Waals surface area contributed by atoms with Gasteiger partial charge in [-0.1, -0.05) is 41.9 Å². The zero-order valence-electron chi connectivity index (χ0n) is 16.0. The summed E-state index contributed by atoms with van der Waals surface area (Å²) in [6.45, 7) is 0.708. The van der Waals surface area contributed by atoms with Crippen LogP contribution in [0.1, 0.15) is 17.5 Å². The van der Waals surface area contributed by atoms with Crippen LogP contribution in [0.2, 0.25) is 5.02 Å². The van der Waals surface area contributed by atoms with Crippen LogP contribution in [0.5, 0.6) is 5.75 Å². The summed E-state index contributed by atoms with van der Waals surface area (Å²) in [5.41, 5.74) is -3.48. The van der Waals surface area contributed by atoms with Crippen molar-refractivity contribution in [1.29, 1.82) is 0 Å². The van der Waals surface area contributed by atoms with Crippen LogP contribution in [-0.4, -0.2) is 46.2 Å². The number of carbonyl (C=O) groups excluding carboxylic acids is 1. The fourth-order valence-electron chi connectivity index (χ4n) is 2.98. The van der Waals surface area contributed by atoms with Crippen molar-refractivity contribution in [2.75, 3.05) is 6.61 Å². The summed E-state index contributed by atoms with van der Waals surface area (Å²) in [7, 11) is 0. The first kappa shape index (κ1) is 23.0. The van der Waals surface area contributed by atoms with Gasteiger partial charge in [-0.3, -0.25) is 4.79 Å². The average molecular weight is 463 g/mol. The van der Waals surface area contributed by atoms with Gasteiger partial charge in [-0.25, -0.2) is 0 Å². The monoisotopic (exact) mass is 462 g/mol. The number of aliphatic hydroxyl groups is 1. The molecule has 1 aliphatic heterocycles. The molecule has 0 aromatic heterocycles. The van der Waals surface area contributed by atoms with Crippen LogP contribution < -0.4 is 4.74 Å². The fraction of sp³-hybridized carbons (Fsp3) is 0.300. The number of aryl methyl sites for hydroxylation is 1. The molecule has 0 saturated heterocycles. The number of hydrogen-bond donors (Lipinski definition) is 1. The molecule has 2 aromatic carbocycles. The number of benzene rings is 2. The Morgan fingerprint density at radius 1 is 1.19 bits per heavy atom. The van der Waals surface area contributed by atoms with Gasteiger partial charge in [-0.2, -0.15) is 32.1 Å². The molecular formula is C20H16ClF5N2O3.